The van der Waals surface area contributed by atoms with Gasteiger partial charge in [-0.2, -0.15) is 0 Å². The molecule has 0 bridgehead atoms. The summed E-state index contributed by atoms with van der Waals surface area (Å²) in [5.74, 6) is -3.62. The first-order valence-corrected chi connectivity index (χ1v) is 6.24. The Hall–Kier alpha value is -2.51. The number of carboxylic acid groups (broad SMARTS) is 1. The molecule has 0 aromatic carbocycles. The molecular formula is C13H15FN2O5. The van der Waals surface area contributed by atoms with Gasteiger partial charge in [0.25, 0.3) is 5.91 Å². The van der Waals surface area contributed by atoms with Gasteiger partial charge >= 0.3 is 11.9 Å². The van der Waals surface area contributed by atoms with Gasteiger partial charge in [-0.1, -0.05) is 0 Å². The van der Waals surface area contributed by atoms with Crippen molar-refractivity contribution in [1.82, 2.24) is 10.3 Å². The summed E-state index contributed by atoms with van der Waals surface area (Å²) in [5.41, 5.74) is -0.313. The van der Waals surface area contributed by atoms with Gasteiger partial charge in [0.05, 0.1) is 18.4 Å². The smallest absolute Gasteiger partial charge is 0.326 e. The fourth-order valence-corrected chi connectivity index (χ4v) is 1.55. The molecule has 0 aliphatic rings. The molecular weight excluding hydrogens is 283 g/mol. The van der Waals surface area contributed by atoms with Crippen LogP contribution in [0.25, 0.3) is 0 Å². The van der Waals surface area contributed by atoms with Crippen molar-refractivity contribution in [2.75, 3.05) is 6.61 Å². The molecule has 1 rings (SSSR count). The molecule has 0 radical (unpaired) electrons. The highest BCUT2D eigenvalue weighted by Gasteiger charge is 2.23. The van der Waals surface area contributed by atoms with E-state index in [4.69, 9.17) is 5.11 Å². The average molecular weight is 298 g/mol. The SMILES string of the molecule is CCOC(=O)CC[C@H](NC(=O)c1ccncc1F)C(=O)O. The van der Waals surface area contributed by atoms with Gasteiger partial charge in [-0.05, 0) is 19.4 Å². The molecule has 2 N–H and O–H groups in total. The summed E-state index contributed by atoms with van der Waals surface area (Å²) in [6.45, 7) is 1.81. The highest BCUT2D eigenvalue weighted by Crippen LogP contribution is 2.06. The number of pyridine rings is 1. The van der Waals surface area contributed by atoms with E-state index in [-0.39, 0.29) is 25.0 Å². The molecule has 0 spiro atoms. The van der Waals surface area contributed by atoms with Crippen LogP contribution in [0.3, 0.4) is 0 Å². The van der Waals surface area contributed by atoms with Crippen LogP contribution >= 0.6 is 0 Å². The van der Waals surface area contributed by atoms with Gasteiger partial charge in [-0.15, -0.1) is 0 Å². The molecule has 21 heavy (non-hydrogen) atoms. The number of carbonyl (C=O) groups excluding carboxylic acids is 2. The summed E-state index contributed by atoms with van der Waals surface area (Å²) in [4.78, 5) is 37.5. The molecule has 0 fully saturated rings. The van der Waals surface area contributed by atoms with Gasteiger partial charge in [0.15, 0.2) is 5.82 Å². The molecule has 0 saturated heterocycles. The van der Waals surface area contributed by atoms with Crippen molar-refractivity contribution in [2.45, 2.75) is 25.8 Å². The number of rotatable bonds is 7. The third-order valence-corrected chi connectivity index (χ3v) is 2.56. The quantitative estimate of drug-likeness (QED) is 0.719. The molecule has 1 heterocycles. The van der Waals surface area contributed by atoms with Gasteiger partial charge < -0.3 is 15.2 Å². The molecule has 0 aliphatic heterocycles. The van der Waals surface area contributed by atoms with E-state index in [9.17, 15) is 18.8 Å². The second-order valence-corrected chi connectivity index (χ2v) is 4.06. The third-order valence-electron chi connectivity index (χ3n) is 2.56. The van der Waals surface area contributed by atoms with Gasteiger partial charge in [0, 0.05) is 12.6 Å². The summed E-state index contributed by atoms with van der Waals surface area (Å²) < 4.78 is 18.0. The minimum absolute atomic E-state index is 0.146. The molecule has 1 aromatic rings. The van der Waals surface area contributed by atoms with Crippen molar-refractivity contribution >= 4 is 17.8 Å². The average Bonchev–Trinajstić information content (AvgIpc) is 2.43. The van der Waals surface area contributed by atoms with Crippen LogP contribution in [0, 0.1) is 5.82 Å². The lowest BCUT2D eigenvalue weighted by Crippen LogP contribution is -2.41. The number of hydrogen-bond acceptors (Lipinski definition) is 5. The first-order chi connectivity index (χ1) is 9.95. The van der Waals surface area contributed by atoms with Crippen LogP contribution in [0.1, 0.15) is 30.1 Å². The molecule has 8 heteroatoms. The number of nitrogens with zero attached hydrogens (tertiary/aromatic N) is 1. The van der Waals surface area contributed by atoms with E-state index in [1.165, 1.54) is 6.20 Å². The van der Waals surface area contributed by atoms with Crippen molar-refractivity contribution in [3.63, 3.8) is 0 Å². The molecule has 1 aromatic heterocycles. The Balaban J connectivity index is 2.66. The maximum absolute atomic E-state index is 13.4. The Bertz CT molecular complexity index is 535. The lowest BCUT2D eigenvalue weighted by Gasteiger charge is -2.14. The minimum atomic E-state index is -1.32. The van der Waals surface area contributed by atoms with E-state index >= 15 is 0 Å². The van der Waals surface area contributed by atoms with Crippen molar-refractivity contribution in [3.05, 3.63) is 29.8 Å². The summed E-state index contributed by atoms with van der Waals surface area (Å²) in [5, 5.41) is 11.2. The van der Waals surface area contributed by atoms with Crippen molar-refractivity contribution < 1.29 is 28.6 Å². The number of hydrogen-bond donors (Lipinski definition) is 2. The van der Waals surface area contributed by atoms with E-state index in [2.05, 4.69) is 15.0 Å². The fourth-order valence-electron chi connectivity index (χ4n) is 1.55. The second kappa shape index (κ2) is 7.93. The van der Waals surface area contributed by atoms with E-state index < -0.39 is 29.7 Å². The lowest BCUT2D eigenvalue weighted by atomic mass is 10.1. The monoisotopic (exact) mass is 298 g/mol. The van der Waals surface area contributed by atoms with E-state index in [1.54, 1.807) is 6.92 Å². The zero-order valence-corrected chi connectivity index (χ0v) is 11.3. The third kappa shape index (κ3) is 5.17. The number of ether oxygens (including phenoxy) is 1. The lowest BCUT2D eigenvalue weighted by molar-refractivity contribution is -0.144. The fraction of sp³-hybridized carbons (Fsp3) is 0.385. The molecule has 7 nitrogen and oxygen atoms in total. The number of halogens is 1. The molecule has 0 unspecified atom stereocenters. The van der Waals surface area contributed by atoms with Crippen LogP contribution in [0.5, 0.6) is 0 Å². The molecule has 0 aliphatic carbocycles. The standard InChI is InChI=1S/C13H15FN2O5/c1-2-21-11(17)4-3-10(13(19)20)16-12(18)8-5-6-15-7-9(8)14/h5-7,10H,2-4H2,1H3,(H,16,18)(H,19,20)/t10-/m0/s1. The number of carbonyl (C=O) groups is 3. The zero-order chi connectivity index (χ0) is 15.8. The second-order valence-electron chi connectivity index (χ2n) is 4.06. The summed E-state index contributed by atoms with van der Waals surface area (Å²) in [7, 11) is 0. The normalized spacial score (nSPS) is 11.5. The van der Waals surface area contributed by atoms with Crippen molar-refractivity contribution in [3.8, 4) is 0 Å². The molecule has 1 atom stereocenters. The van der Waals surface area contributed by atoms with Crippen LogP contribution in [0.4, 0.5) is 4.39 Å². The predicted octanol–water partition coefficient (Wildman–Crippen LogP) is 0.747. The Morgan fingerprint density at radius 2 is 2.19 bits per heavy atom. The van der Waals surface area contributed by atoms with Gasteiger partial charge in [-0.3, -0.25) is 14.6 Å². The number of nitrogens with one attached hydrogen (secondary N) is 1. The first kappa shape index (κ1) is 16.5. The molecule has 114 valence electrons. The summed E-state index contributed by atoms with van der Waals surface area (Å²) in [6.07, 6.45) is 1.76. The number of aromatic nitrogens is 1. The first-order valence-electron chi connectivity index (χ1n) is 6.24. The van der Waals surface area contributed by atoms with Gasteiger partial charge in [0.1, 0.15) is 6.04 Å². The summed E-state index contributed by atoms with van der Waals surface area (Å²) in [6, 6.07) is -0.177. The maximum Gasteiger partial charge on any atom is 0.326 e. The summed E-state index contributed by atoms with van der Waals surface area (Å²) >= 11 is 0. The number of carboxylic acids is 1. The van der Waals surface area contributed by atoms with Crippen LogP contribution < -0.4 is 5.32 Å². The minimum Gasteiger partial charge on any atom is -0.480 e. The highest BCUT2D eigenvalue weighted by atomic mass is 19.1. The zero-order valence-electron chi connectivity index (χ0n) is 11.3. The van der Waals surface area contributed by atoms with E-state index in [0.29, 0.717) is 0 Å². The van der Waals surface area contributed by atoms with Crippen LogP contribution in [0.2, 0.25) is 0 Å². The largest absolute Gasteiger partial charge is 0.480 e. The maximum atomic E-state index is 13.4. The number of aliphatic carboxylic acids is 1. The topological polar surface area (TPSA) is 106 Å². The predicted molar refractivity (Wildman–Crippen MR) is 69.0 cm³/mol. The molecule has 0 saturated carbocycles. The van der Waals surface area contributed by atoms with Crippen molar-refractivity contribution in [1.29, 1.82) is 0 Å². The van der Waals surface area contributed by atoms with Crippen LogP contribution in [-0.2, 0) is 14.3 Å². The van der Waals surface area contributed by atoms with Crippen LogP contribution in [-0.4, -0.2) is 40.6 Å². The van der Waals surface area contributed by atoms with Gasteiger partial charge in [0.2, 0.25) is 0 Å². The van der Waals surface area contributed by atoms with Crippen molar-refractivity contribution in [2.24, 2.45) is 0 Å². The Labute approximate surface area is 120 Å². The Morgan fingerprint density at radius 3 is 2.76 bits per heavy atom. The van der Waals surface area contributed by atoms with E-state index in [0.717, 1.165) is 12.3 Å². The van der Waals surface area contributed by atoms with Crippen LogP contribution in [0.15, 0.2) is 18.5 Å². The Kier molecular flexibility index (Phi) is 6.25. The number of esters is 1. The molecule has 1 amide bonds. The number of amides is 1. The van der Waals surface area contributed by atoms with E-state index in [1.807, 2.05) is 0 Å². The van der Waals surface area contributed by atoms with Gasteiger partial charge in [-0.25, -0.2) is 9.18 Å². The Morgan fingerprint density at radius 1 is 1.48 bits per heavy atom. The highest BCUT2D eigenvalue weighted by molar-refractivity contribution is 5.96.